The van der Waals surface area contributed by atoms with Crippen LogP contribution in [0.25, 0.3) is 0 Å². The molecular weight excluding hydrogens is 276 g/mol. The van der Waals surface area contributed by atoms with Crippen molar-refractivity contribution in [1.29, 1.82) is 0 Å². The molecule has 0 fully saturated rings. The quantitative estimate of drug-likeness (QED) is 0.598. The van der Waals surface area contributed by atoms with Crippen molar-refractivity contribution in [2.45, 2.75) is 37.6 Å². The molecule has 1 rings (SSSR count). The molecule has 6 heteroatoms. The molecule has 0 heterocycles. The standard InChI is InChI=1S/C15H22O6/c1-10(17)15(19,8-12(18)9-16)7-11-6-13(20-2)4-5-14(11)21-3/h4-6,9-10,12,17-19H,7-8H2,1-3H3/t10-,12+,15-/m0/s1. The summed E-state index contributed by atoms with van der Waals surface area (Å²) in [5.41, 5.74) is -1.04. The zero-order valence-corrected chi connectivity index (χ0v) is 12.4. The normalized spacial score (nSPS) is 16.7. The number of aldehydes is 1. The Labute approximate surface area is 123 Å². The van der Waals surface area contributed by atoms with Crippen molar-refractivity contribution >= 4 is 6.29 Å². The van der Waals surface area contributed by atoms with Gasteiger partial charge in [-0.25, -0.2) is 0 Å². The number of hydrogen-bond donors (Lipinski definition) is 3. The van der Waals surface area contributed by atoms with Gasteiger partial charge in [-0.05, 0) is 25.1 Å². The molecule has 21 heavy (non-hydrogen) atoms. The Morgan fingerprint density at radius 3 is 2.43 bits per heavy atom. The SMILES string of the molecule is COc1ccc(OC)c(C[C@](O)(C[C@@H](O)C=O)[C@H](C)O)c1. The van der Waals surface area contributed by atoms with Crippen LogP contribution in [-0.2, 0) is 11.2 Å². The van der Waals surface area contributed by atoms with Crippen molar-refractivity contribution in [3.63, 3.8) is 0 Å². The maximum atomic E-state index is 10.6. The fraction of sp³-hybridized carbons (Fsp3) is 0.533. The second kappa shape index (κ2) is 7.40. The number of rotatable bonds is 8. The first-order valence-electron chi connectivity index (χ1n) is 6.61. The van der Waals surface area contributed by atoms with Crippen LogP contribution in [0.15, 0.2) is 18.2 Å². The molecule has 0 spiro atoms. The first-order chi connectivity index (χ1) is 9.86. The van der Waals surface area contributed by atoms with Crippen molar-refractivity contribution in [2.75, 3.05) is 14.2 Å². The van der Waals surface area contributed by atoms with Crippen LogP contribution in [0.4, 0.5) is 0 Å². The number of aliphatic hydroxyl groups is 3. The molecule has 0 saturated heterocycles. The third-order valence-electron chi connectivity index (χ3n) is 3.48. The summed E-state index contributed by atoms with van der Waals surface area (Å²) in [5.74, 6) is 1.10. The van der Waals surface area contributed by atoms with E-state index in [2.05, 4.69) is 0 Å². The molecule has 118 valence electrons. The zero-order valence-electron chi connectivity index (χ0n) is 12.4. The largest absolute Gasteiger partial charge is 0.497 e. The Morgan fingerprint density at radius 1 is 1.29 bits per heavy atom. The van der Waals surface area contributed by atoms with Gasteiger partial charge in [0, 0.05) is 18.4 Å². The van der Waals surface area contributed by atoms with E-state index < -0.39 is 17.8 Å². The third-order valence-corrected chi connectivity index (χ3v) is 3.48. The van der Waals surface area contributed by atoms with Crippen LogP contribution in [0.5, 0.6) is 11.5 Å². The summed E-state index contributed by atoms with van der Waals surface area (Å²) < 4.78 is 10.3. The number of benzene rings is 1. The van der Waals surface area contributed by atoms with Crippen LogP contribution < -0.4 is 9.47 Å². The van der Waals surface area contributed by atoms with E-state index in [0.29, 0.717) is 23.3 Å². The van der Waals surface area contributed by atoms with Gasteiger partial charge in [-0.3, -0.25) is 0 Å². The van der Waals surface area contributed by atoms with E-state index in [1.54, 1.807) is 18.2 Å². The molecule has 3 N–H and O–H groups in total. The molecule has 0 aliphatic rings. The second-order valence-electron chi connectivity index (χ2n) is 5.04. The second-order valence-corrected chi connectivity index (χ2v) is 5.04. The highest BCUT2D eigenvalue weighted by Gasteiger charge is 2.36. The van der Waals surface area contributed by atoms with Crippen molar-refractivity contribution in [1.82, 2.24) is 0 Å². The summed E-state index contributed by atoms with van der Waals surface area (Å²) in [5, 5.41) is 29.8. The molecule has 0 aliphatic heterocycles. The van der Waals surface area contributed by atoms with E-state index in [1.165, 1.54) is 21.1 Å². The van der Waals surface area contributed by atoms with E-state index in [9.17, 15) is 20.1 Å². The van der Waals surface area contributed by atoms with E-state index >= 15 is 0 Å². The minimum absolute atomic E-state index is 0.00986. The summed E-state index contributed by atoms with van der Waals surface area (Å²) in [6, 6.07) is 5.08. The molecule has 0 aromatic heterocycles. The van der Waals surface area contributed by atoms with Crippen LogP contribution in [0, 0.1) is 0 Å². The molecule has 0 aliphatic carbocycles. The highest BCUT2D eigenvalue weighted by atomic mass is 16.5. The Morgan fingerprint density at radius 2 is 1.95 bits per heavy atom. The number of carbonyl (C=O) groups is 1. The summed E-state index contributed by atoms with van der Waals surface area (Å²) in [6.07, 6.45) is -2.41. The van der Waals surface area contributed by atoms with Gasteiger partial charge in [-0.2, -0.15) is 0 Å². The topological polar surface area (TPSA) is 96.2 Å². The maximum absolute atomic E-state index is 10.6. The molecule has 0 saturated carbocycles. The van der Waals surface area contributed by atoms with Crippen LogP contribution in [0.3, 0.4) is 0 Å². The Kier molecular flexibility index (Phi) is 6.14. The lowest BCUT2D eigenvalue weighted by Crippen LogP contribution is -2.45. The van der Waals surface area contributed by atoms with E-state index in [4.69, 9.17) is 9.47 Å². The van der Waals surface area contributed by atoms with Gasteiger partial charge in [0.25, 0.3) is 0 Å². The molecule has 0 radical (unpaired) electrons. The Balaban J connectivity index is 3.10. The van der Waals surface area contributed by atoms with Crippen molar-refractivity contribution < 1.29 is 29.6 Å². The summed E-state index contributed by atoms with van der Waals surface area (Å²) in [7, 11) is 3.01. The van der Waals surface area contributed by atoms with Gasteiger partial charge in [0.1, 0.15) is 23.9 Å². The highest BCUT2D eigenvalue weighted by Crippen LogP contribution is 2.31. The lowest BCUT2D eigenvalue weighted by Gasteiger charge is -2.32. The van der Waals surface area contributed by atoms with Crippen LogP contribution in [0.1, 0.15) is 18.9 Å². The number of ether oxygens (including phenoxy) is 2. The molecule has 0 unspecified atom stereocenters. The highest BCUT2D eigenvalue weighted by molar-refractivity contribution is 5.55. The zero-order chi connectivity index (χ0) is 16.0. The summed E-state index contributed by atoms with van der Waals surface area (Å²) in [4.78, 5) is 10.6. The third kappa shape index (κ3) is 4.42. The van der Waals surface area contributed by atoms with Crippen LogP contribution in [-0.4, -0.2) is 53.6 Å². The van der Waals surface area contributed by atoms with Gasteiger partial charge in [-0.1, -0.05) is 0 Å². The molecule has 0 amide bonds. The fourth-order valence-electron chi connectivity index (χ4n) is 2.15. The maximum Gasteiger partial charge on any atom is 0.148 e. The van der Waals surface area contributed by atoms with Crippen molar-refractivity contribution in [2.24, 2.45) is 0 Å². The first-order valence-corrected chi connectivity index (χ1v) is 6.61. The minimum Gasteiger partial charge on any atom is -0.497 e. The van der Waals surface area contributed by atoms with Gasteiger partial charge < -0.3 is 29.6 Å². The van der Waals surface area contributed by atoms with E-state index in [0.717, 1.165) is 0 Å². The lowest BCUT2D eigenvalue weighted by molar-refractivity contribution is -0.124. The van der Waals surface area contributed by atoms with E-state index in [1.807, 2.05) is 0 Å². The Hall–Kier alpha value is -1.63. The monoisotopic (exact) mass is 298 g/mol. The summed E-state index contributed by atoms with van der Waals surface area (Å²) >= 11 is 0. The molecule has 1 aromatic carbocycles. The number of aliphatic hydroxyl groups excluding tert-OH is 2. The smallest absolute Gasteiger partial charge is 0.148 e. The van der Waals surface area contributed by atoms with Crippen LogP contribution in [0.2, 0.25) is 0 Å². The van der Waals surface area contributed by atoms with Crippen LogP contribution >= 0.6 is 0 Å². The first kappa shape index (κ1) is 17.4. The predicted molar refractivity (Wildman–Crippen MR) is 76.6 cm³/mol. The number of hydrogen-bond acceptors (Lipinski definition) is 6. The van der Waals surface area contributed by atoms with Gasteiger partial charge in [0.15, 0.2) is 0 Å². The minimum atomic E-state index is -1.65. The number of carbonyl (C=O) groups excluding carboxylic acids is 1. The number of methoxy groups -OCH3 is 2. The predicted octanol–water partition coefficient (Wildman–Crippen LogP) is 0.308. The fourth-order valence-corrected chi connectivity index (χ4v) is 2.15. The summed E-state index contributed by atoms with van der Waals surface area (Å²) in [6.45, 7) is 1.41. The molecule has 3 atom stereocenters. The average Bonchev–Trinajstić information content (AvgIpc) is 2.46. The molecular formula is C15H22O6. The van der Waals surface area contributed by atoms with Crippen molar-refractivity contribution in [3.8, 4) is 11.5 Å². The van der Waals surface area contributed by atoms with Gasteiger partial charge in [0.05, 0.1) is 25.9 Å². The van der Waals surface area contributed by atoms with E-state index in [-0.39, 0.29) is 12.8 Å². The Bertz CT molecular complexity index is 473. The van der Waals surface area contributed by atoms with Gasteiger partial charge in [0.2, 0.25) is 0 Å². The molecule has 1 aromatic rings. The van der Waals surface area contributed by atoms with Crippen molar-refractivity contribution in [3.05, 3.63) is 23.8 Å². The van der Waals surface area contributed by atoms with Gasteiger partial charge >= 0.3 is 0 Å². The van der Waals surface area contributed by atoms with Gasteiger partial charge in [-0.15, -0.1) is 0 Å². The average molecular weight is 298 g/mol. The molecule has 0 bridgehead atoms. The molecule has 6 nitrogen and oxygen atoms in total. The lowest BCUT2D eigenvalue weighted by atomic mass is 9.84.